The Bertz CT molecular complexity index is 334. The predicted molar refractivity (Wildman–Crippen MR) is 62.1 cm³/mol. The van der Waals surface area contributed by atoms with Gasteiger partial charge < -0.3 is 4.90 Å². The molecule has 0 radical (unpaired) electrons. The first kappa shape index (κ1) is 11.3. The van der Waals surface area contributed by atoms with Crippen LogP contribution in [0.1, 0.15) is 19.8 Å². The van der Waals surface area contributed by atoms with Crippen molar-refractivity contribution in [3.05, 3.63) is 18.5 Å². The first-order chi connectivity index (χ1) is 7.79. The van der Waals surface area contributed by atoms with Crippen LogP contribution in [-0.2, 0) is 11.3 Å². The van der Waals surface area contributed by atoms with Crippen molar-refractivity contribution in [2.75, 3.05) is 19.6 Å². The Hall–Kier alpha value is -1.16. The minimum absolute atomic E-state index is 0.256. The zero-order chi connectivity index (χ0) is 11.4. The molecule has 0 aliphatic carbocycles. The predicted octanol–water partition coefficient (Wildman–Crippen LogP) is 1.18. The van der Waals surface area contributed by atoms with Crippen molar-refractivity contribution < 1.29 is 4.79 Å². The molecule has 4 nitrogen and oxygen atoms in total. The molecule has 1 unspecified atom stereocenters. The van der Waals surface area contributed by atoms with Crippen molar-refractivity contribution in [2.24, 2.45) is 5.92 Å². The number of likely N-dealkylation sites (tertiary alicyclic amines) is 1. The van der Waals surface area contributed by atoms with E-state index in [1.165, 1.54) is 0 Å². The van der Waals surface area contributed by atoms with Gasteiger partial charge in [-0.15, -0.1) is 0 Å². The van der Waals surface area contributed by atoms with E-state index >= 15 is 0 Å². The maximum Gasteiger partial charge on any atom is 0.138 e. The standard InChI is InChI=1S/C12H19N3O/c1-2-11-10-14(7-4-12(11)16)8-9-15-6-3-5-13-15/h3,5-6,11H,2,4,7-10H2,1H3. The smallest absolute Gasteiger partial charge is 0.138 e. The van der Waals surface area contributed by atoms with Gasteiger partial charge in [0.15, 0.2) is 0 Å². The van der Waals surface area contributed by atoms with Gasteiger partial charge in [0.2, 0.25) is 0 Å². The fourth-order valence-corrected chi connectivity index (χ4v) is 2.21. The van der Waals surface area contributed by atoms with Crippen LogP contribution in [0.4, 0.5) is 0 Å². The van der Waals surface area contributed by atoms with E-state index in [1.807, 2.05) is 16.9 Å². The molecule has 4 heteroatoms. The molecule has 2 heterocycles. The summed E-state index contributed by atoms with van der Waals surface area (Å²) < 4.78 is 1.94. The van der Waals surface area contributed by atoms with Gasteiger partial charge in [0.1, 0.15) is 5.78 Å². The monoisotopic (exact) mass is 221 g/mol. The van der Waals surface area contributed by atoms with Crippen molar-refractivity contribution in [3.63, 3.8) is 0 Å². The molecule has 0 N–H and O–H groups in total. The summed E-state index contributed by atoms with van der Waals surface area (Å²) in [7, 11) is 0. The van der Waals surface area contributed by atoms with E-state index in [-0.39, 0.29) is 5.92 Å². The Labute approximate surface area is 96.2 Å². The molecule has 0 amide bonds. The molecule has 1 saturated heterocycles. The molecule has 1 atom stereocenters. The maximum absolute atomic E-state index is 11.6. The van der Waals surface area contributed by atoms with E-state index in [4.69, 9.17) is 0 Å². The van der Waals surface area contributed by atoms with Crippen LogP contribution in [0.25, 0.3) is 0 Å². The van der Waals surface area contributed by atoms with Crippen LogP contribution >= 0.6 is 0 Å². The summed E-state index contributed by atoms with van der Waals surface area (Å²) in [5.74, 6) is 0.698. The lowest BCUT2D eigenvalue weighted by Crippen LogP contribution is -2.41. The van der Waals surface area contributed by atoms with Gasteiger partial charge in [0, 0.05) is 44.4 Å². The summed E-state index contributed by atoms with van der Waals surface area (Å²) in [6.07, 6.45) is 5.47. The van der Waals surface area contributed by atoms with Crippen molar-refractivity contribution in [1.82, 2.24) is 14.7 Å². The second kappa shape index (κ2) is 5.25. The number of hydrogen-bond acceptors (Lipinski definition) is 3. The van der Waals surface area contributed by atoms with Crippen LogP contribution < -0.4 is 0 Å². The number of nitrogens with zero attached hydrogens (tertiary/aromatic N) is 3. The minimum atomic E-state index is 0.256. The van der Waals surface area contributed by atoms with Crippen molar-refractivity contribution in [2.45, 2.75) is 26.3 Å². The number of aromatic nitrogens is 2. The third-order valence-corrected chi connectivity index (χ3v) is 3.31. The molecular weight excluding hydrogens is 202 g/mol. The molecule has 0 saturated carbocycles. The van der Waals surface area contributed by atoms with Crippen LogP contribution in [0.5, 0.6) is 0 Å². The van der Waals surface area contributed by atoms with Crippen LogP contribution in [0.2, 0.25) is 0 Å². The highest BCUT2D eigenvalue weighted by Gasteiger charge is 2.25. The van der Waals surface area contributed by atoms with E-state index in [0.29, 0.717) is 5.78 Å². The minimum Gasteiger partial charge on any atom is -0.300 e. The van der Waals surface area contributed by atoms with Crippen LogP contribution in [-0.4, -0.2) is 40.1 Å². The molecule has 0 spiro atoms. The fourth-order valence-electron chi connectivity index (χ4n) is 2.21. The molecule has 1 aliphatic heterocycles. The molecule has 1 aromatic heterocycles. The summed E-state index contributed by atoms with van der Waals surface area (Å²) in [5, 5.41) is 4.18. The Morgan fingerprint density at radius 1 is 1.50 bits per heavy atom. The largest absolute Gasteiger partial charge is 0.300 e. The van der Waals surface area contributed by atoms with E-state index in [9.17, 15) is 4.79 Å². The third kappa shape index (κ3) is 2.70. The van der Waals surface area contributed by atoms with Crippen LogP contribution in [0.15, 0.2) is 18.5 Å². The highest BCUT2D eigenvalue weighted by atomic mass is 16.1. The molecule has 1 fully saturated rings. The number of carbonyl (C=O) groups excluding carboxylic acids is 1. The number of hydrogen-bond donors (Lipinski definition) is 0. The normalized spacial score (nSPS) is 22.6. The van der Waals surface area contributed by atoms with Crippen LogP contribution in [0, 0.1) is 5.92 Å². The molecule has 16 heavy (non-hydrogen) atoms. The lowest BCUT2D eigenvalue weighted by Gasteiger charge is -2.31. The summed E-state index contributed by atoms with van der Waals surface area (Å²) >= 11 is 0. The summed E-state index contributed by atoms with van der Waals surface area (Å²) in [6, 6.07) is 1.94. The van der Waals surface area contributed by atoms with Crippen molar-refractivity contribution in [1.29, 1.82) is 0 Å². The zero-order valence-corrected chi connectivity index (χ0v) is 9.80. The molecule has 0 bridgehead atoms. The first-order valence-corrected chi connectivity index (χ1v) is 6.02. The van der Waals surface area contributed by atoms with Gasteiger partial charge in [-0.2, -0.15) is 5.10 Å². The first-order valence-electron chi connectivity index (χ1n) is 6.02. The Balaban J connectivity index is 1.80. The molecule has 88 valence electrons. The third-order valence-electron chi connectivity index (χ3n) is 3.31. The molecule has 2 rings (SSSR count). The van der Waals surface area contributed by atoms with Gasteiger partial charge in [0.05, 0.1) is 6.54 Å². The lowest BCUT2D eigenvalue weighted by atomic mass is 9.94. The van der Waals surface area contributed by atoms with Gasteiger partial charge in [-0.3, -0.25) is 9.48 Å². The molecular formula is C12H19N3O. The summed E-state index contributed by atoms with van der Waals surface area (Å²) in [4.78, 5) is 13.9. The van der Waals surface area contributed by atoms with Gasteiger partial charge in [0.25, 0.3) is 0 Å². The average Bonchev–Trinajstić information content (AvgIpc) is 2.81. The second-order valence-electron chi connectivity index (χ2n) is 4.39. The quantitative estimate of drug-likeness (QED) is 0.766. The number of ketones is 1. The van der Waals surface area contributed by atoms with Gasteiger partial charge in [-0.1, -0.05) is 6.92 Å². The lowest BCUT2D eigenvalue weighted by molar-refractivity contribution is -0.126. The Morgan fingerprint density at radius 3 is 3.06 bits per heavy atom. The SMILES string of the molecule is CCC1CN(CCn2cccn2)CCC1=O. The second-order valence-corrected chi connectivity index (χ2v) is 4.39. The summed E-state index contributed by atoms with van der Waals surface area (Å²) in [5.41, 5.74) is 0. The highest BCUT2D eigenvalue weighted by Crippen LogP contribution is 2.15. The summed E-state index contributed by atoms with van der Waals surface area (Å²) in [6.45, 7) is 5.84. The Kier molecular flexibility index (Phi) is 3.72. The highest BCUT2D eigenvalue weighted by molar-refractivity contribution is 5.82. The van der Waals surface area contributed by atoms with Crippen molar-refractivity contribution >= 4 is 5.78 Å². The topological polar surface area (TPSA) is 38.1 Å². The Morgan fingerprint density at radius 2 is 2.38 bits per heavy atom. The number of piperidine rings is 1. The van der Waals surface area contributed by atoms with E-state index in [1.54, 1.807) is 6.20 Å². The fraction of sp³-hybridized carbons (Fsp3) is 0.667. The number of carbonyl (C=O) groups is 1. The molecule has 0 aromatic carbocycles. The van der Waals surface area contributed by atoms with E-state index < -0.39 is 0 Å². The van der Waals surface area contributed by atoms with Gasteiger partial charge in [-0.05, 0) is 12.5 Å². The van der Waals surface area contributed by atoms with E-state index in [2.05, 4.69) is 16.9 Å². The average molecular weight is 221 g/mol. The van der Waals surface area contributed by atoms with Gasteiger partial charge in [-0.25, -0.2) is 0 Å². The van der Waals surface area contributed by atoms with Gasteiger partial charge >= 0.3 is 0 Å². The number of Topliss-reactive ketones (excluding diaryl/α,β-unsaturated/α-hetero) is 1. The maximum atomic E-state index is 11.6. The zero-order valence-electron chi connectivity index (χ0n) is 9.80. The number of rotatable bonds is 4. The molecule has 1 aliphatic rings. The van der Waals surface area contributed by atoms with E-state index in [0.717, 1.165) is 39.0 Å². The molecule has 1 aromatic rings. The van der Waals surface area contributed by atoms with Crippen LogP contribution in [0.3, 0.4) is 0 Å². The van der Waals surface area contributed by atoms with Crippen molar-refractivity contribution in [3.8, 4) is 0 Å².